The van der Waals surface area contributed by atoms with Crippen LogP contribution in [0.15, 0.2) is 36.7 Å². The van der Waals surface area contributed by atoms with Crippen molar-refractivity contribution in [3.05, 3.63) is 58.9 Å². The summed E-state index contributed by atoms with van der Waals surface area (Å²) in [4.78, 5) is 12.0. The molecule has 1 aromatic heterocycles. The molecular weight excluding hydrogens is 246 g/mol. The number of aryl methyl sites for hydroxylation is 2. The van der Waals surface area contributed by atoms with Gasteiger partial charge in [0.1, 0.15) is 0 Å². The quantitative estimate of drug-likeness (QED) is 0.770. The van der Waals surface area contributed by atoms with Crippen molar-refractivity contribution in [3.8, 4) is 0 Å². The molecule has 0 N–H and O–H groups in total. The Morgan fingerprint density at radius 1 is 1.00 bits per heavy atom. The van der Waals surface area contributed by atoms with Crippen LogP contribution in [0.25, 0.3) is 0 Å². The lowest BCUT2D eigenvalue weighted by molar-refractivity contribution is 0.0982. The van der Waals surface area contributed by atoms with E-state index in [0.29, 0.717) is 12.2 Å². The fourth-order valence-electron chi connectivity index (χ4n) is 2.92. The van der Waals surface area contributed by atoms with E-state index in [2.05, 4.69) is 42.0 Å². The molecule has 1 aromatic carbocycles. The molecule has 0 atom stereocenters. The van der Waals surface area contributed by atoms with Gasteiger partial charge in [0.25, 0.3) is 0 Å². The van der Waals surface area contributed by atoms with Crippen LogP contribution < -0.4 is 0 Å². The lowest BCUT2D eigenvalue weighted by atomic mass is 10.1. The Morgan fingerprint density at radius 3 is 2.45 bits per heavy atom. The highest BCUT2D eigenvalue weighted by atomic mass is 16.1. The van der Waals surface area contributed by atoms with E-state index in [1.807, 2.05) is 6.20 Å². The second-order valence-electron chi connectivity index (χ2n) is 5.67. The fourth-order valence-corrected chi connectivity index (χ4v) is 2.92. The summed E-state index contributed by atoms with van der Waals surface area (Å²) in [6.07, 6.45) is 9.20. The Kier molecular flexibility index (Phi) is 3.72. The van der Waals surface area contributed by atoms with Crippen LogP contribution in [-0.4, -0.2) is 10.4 Å². The van der Waals surface area contributed by atoms with Crippen molar-refractivity contribution in [2.45, 2.75) is 45.6 Å². The predicted molar refractivity (Wildman–Crippen MR) is 81.2 cm³/mol. The van der Waals surface area contributed by atoms with Crippen LogP contribution in [0, 0.1) is 0 Å². The summed E-state index contributed by atoms with van der Waals surface area (Å²) in [5.41, 5.74) is 4.84. The molecule has 1 heterocycles. The van der Waals surface area contributed by atoms with Crippen LogP contribution >= 0.6 is 0 Å². The van der Waals surface area contributed by atoms with E-state index in [1.54, 1.807) is 0 Å². The van der Waals surface area contributed by atoms with Crippen LogP contribution in [0.1, 0.15) is 53.2 Å². The molecule has 0 radical (unpaired) electrons. The van der Waals surface area contributed by atoms with Gasteiger partial charge < -0.3 is 4.57 Å². The molecule has 0 saturated heterocycles. The SMILES string of the molecule is CCc1ccc(Cn2cc3c(c2)C(=O)CCCC3)cc1. The fraction of sp³-hybridized carbons (Fsp3) is 0.389. The number of hydrogen-bond acceptors (Lipinski definition) is 1. The maximum Gasteiger partial charge on any atom is 0.164 e. The molecule has 0 bridgehead atoms. The lowest BCUT2D eigenvalue weighted by Crippen LogP contribution is -1.99. The summed E-state index contributed by atoms with van der Waals surface area (Å²) in [7, 11) is 0. The Bertz CT molecular complexity index is 607. The number of rotatable bonds is 3. The Morgan fingerprint density at radius 2 is 1.70 bits per heavy atom. The first-order chi connectivity index (χ1) is 9.76. The molecule has 2 aromatic rings. The van der Waals surface area contributed by atoms with E-state index in [4.69, 9.17) is 0 Å². The minimum absolute atomic E-state index is 0.317. The molecule has 1 aliphatic rings. The number of ketones is 1. The van der Waals surface area contributed by atoms with Crippen LogP contribution in [0.5, 0.6) is 0 Å². The van der Waals surface area contributed by atoms with Gasteiger partial charge in [0.05, 0.1) is 0 Å². The van der Waals surface area contributed by atoms with Gasteiger partial charge in [-0.25, -0.2) is 0 Å². The van der Waals surface area contributed by atoms with Crippen LogP contribution in [0.2, 0.25) is 0 Å². The maximum atomic E-state index is 12.0. The normalized spacial score (nSPS) is 14.9. The van der Waals surface area contributed by atoms with Crippen molar-refractivity contribution in [2.75, 3.05) is 0 Å². The Hall–Kier alpha value is -1.83. The molecule has 0 spiro atoms. The topological polar surface area (TPSA) is 22.0 Å². The van der Waals surface area contributed by atoms with E-state index >= 15 is 0 Å². The van der Waals surface area contributed by atoms with Crippen molar-refractivity contribution in [3.63, 3.8) is 0 Å². The van der Waals surface area contributed by atoms with Crippen molar-refractivity contribution in [1.29, 1.82) is 0 Å². The Balaban J connectivity index is 1.81. The largest absolute Gasteiger partial charge is 0.349 e. The zero-order valence-corrected chi connectivity index (χ0v) is 12.1. The molecule has 1 aliphatic carbocycles. The van der Waals surface area contributed by atoms with Gasteiger partial charge >= 0.3 is 0 Å². The molecule has 3 rings (SSSR count). The summed E-state index contributed by atoms with van der Waals surface area (Å²) in [5.74, 6) is 0.317. The first-order valence-corrected chi connectivity index (χ1v) is 7.56. The third kappa shape index (κ3) is 2.69. The summed E-state index contributed by atoms with van der Waals surface area (Å²) >= 11 is 0. The summed E-state index contributed by atoms with van der Waals surface area (Å²) in [5, 5.41) is 0. The summed E-state index contributed by atoms with van der Waals surface area (Å²) in [6, 6.07) is 8.75. The molecule has 0 amide bonds. The second kappa shape index (κ2) is 5.66. The van der Waals surface area contributed by atoms with Crippen molar-refractivity contribution in [1.82, 2.24) is 4.57 Å². The molecule has 2 nitrogen and oxygen atoms in total. The average molecular weight is 267 g/mol. The van der Waals surface area contributed by atoms with Crippen molar-refractivity contribution in [2.24, 2.45) is 0 Å². The lowest BCUT2D eigenvalue weighted by Gasteiger charge is -2.04. The number of nitrogens with zero attached hydrogens (tertiary/aromatic N) is 1. The highest BCUT2D eigenvalue weighted by Gasteiger charge is 2.17. The average Bonchev–Trinajstić information content (AvgIpc) is 2.79. The van der Waals surface area contributed by atoms with E-state index in [1.165, 1.54) is 16.7 Å². The van der Waals surface area contributed by atoms with Crippen molar-refractivity contribution >= 4 is 5.78 Å². The van der Waals surface area contributed by atoms with Gasteiger partial charge in [-0.15, -0.1) is 0 Å². The smallest absolute Gasteiger partial charge is 0.164 e. The van der Waals surface area contributed by atoms with E-state index in [9.17, 15) is 4.79 Å². The minimum Gasteiger partial charge on any atom is -0.349 e. The number of carbonyl (C=O) groups excluding carboxylic acids is 1. The van der Waals surface area contributed by atoms with Gasteiger partial charge in [-0.1, -0.05) is 31.2 Å². The standard InChI is InChI=1S/C18H21NO/c1-2-14-7-9-15(10-8-14)11-19-12-16-5-3-4-6-18(20)17(16)13-19/h7-10,12-13H,2-6,11H2,1H3. The molecule has 20 heavy (non-hydrogen) atoms. The third-order valence-electron chi connectivity index (χ3n) is 4.16. The Labute approximate surface area is 120 Å². The zero-order chi connectivity index (χ0) is 13.9. The van der Waals surface area contributed by atoms with Gasteiger partial charge in [-0.3, -0.25) is 4.79 Å². The number of carbonyl (C=O) groups is 1. The number of aromatic nitrogens is 1. The highest BCUT2D eigenvalue weighted by Crippen LogP contribution is 2.22. The molecule has 0 aliphatic heterocycles. The molecule has 0 saturated carbocycles. The number of hydrogen-bond donors (Lipinski definition) is 0. The monoisotopic (exact) mass is 267 g/mol. The second-order valence-corrected chi connectivity index (χ2v) is 5.67. The van der Waals surface area contributed by atoms with Gasteiger partial charge in [0.2, 0.25) is 0 Å². The molecule has 2 heteroatoms. The molecule has 0 unspecified atom stereocenters. The van der Waals surface area contributed by atoms with Gasteiger partial charge in [-0.2, -0.15) is 0 Å². The molecule has 104 valence electrons. The number of Topliss-reactive ketones (excluding diaryl/α,β-unsaturated/α-hetero) is 1. The van der Waals surface area contributed by atoms with Gasteiger partial charge in [0, 0.05) is 30.9 Å². The van der Waals surface area contributed by atoms with Crippen molar-refractivity contribution < 1.29 is 4.79 Å². The summed E-state index contributed by atoms with van der Waals surface area (Å²) < 4.78 is 2.16. The number of fused-ring (bicyclic) bond motifs is 1. The zero-order valence-electron chi connectivity index (χ0n) is 12.1. The first kappa shape index (κ1) is 13.2. The third-order valence-corrected chi connectivity index (χ3v) is 4.16. The van der Waals surface area contributed by atoms with E-state index in [-0.39, 0.29) is 0 Å². The highest BCUT2D eigenvalue weighted by molar-refractivity contribution is 5.97. The first-order valence-electron chi connectivity index (χ1n) is 7.56. The molecule has 0 fully saturated rings. The van der Waals surface area contributed by atoms with Crippen LogP contribution in [0.3, 0.4) is 0 Å². The number of benzene rings is 1. The summed E-state index contributed by atoms with van der Waals surface area (Å²) in [6.45, 7) is 3.02. The van der Waals surface area contributed by atoms with Gasteiger partial charge in [0.15, 0.2) is 5.78 Å². The minimum atomic E-state index is 0.317. The van der Waals surface area contributed by atoms with Gasteiger partial charge in [-0.05, 0) is 42.4 Å². The molecular formula is C18H21NO. The van der Waals surface area contributed by atoms with Crippen LogP contribution in [0.4, 0.5) is 0 Å². The predicted octanol–water partition coefficient (Wildman–Crippen LogP) is 4.01. The maximum absolute atomic E-state index is 12.0. The van der Waals surface area contributed by atoms with E-state index < -0.39 is 0 Å². The van der Waals surface area contributed by atoms with Crippen LogP contribution in [-0.2, 0) is 19.4 Å². The van der Waals surface area contributed by atoms with E-state index in [0.717, 1.165) is 37.8 Å².